The van der Waals surface area contributed by atoms with Gasteiger partial charge in [0.1, 0.15) is 12.4 Å². The summed E-state index contributed by atoms with van der Waals surface area (Å²) in [5, 5.41) is 0. The molecule has 2 atom stereocenters. The Kier molecular flexibility index (Phi) is 5.86. The van der Waals surface area contributed by atoms with Gasteiger partial charge in [-0.15, -0.1) is 0 Å². The highest BCUT2D eigenvalue weighted by molar-refractivity contribution is 5.27. The third kappa shape index (κ3) is 4.22. The molecule has 2 rings (SSSR count). The van der Waals surface area contributed by atoms with Gasteiger partial charge in [-0.3, -0.25) is 4.90 Å². The average Bonchev–Trinajstić information content (AvgIpc) is 2.48. The van der Waals surface area contributed by atoms with Crippen molar-refractivity contribution >= 4 is 0 Å². The van der Waals surface area contributed by atoms with Crippen LogP contribution in [0.3, 0.4) is 0 Å². The summed E-state index contributed by atoms with van der Waals surface area (Å²) in [5.74, 6) is 1.75. The lowest BCUT2D eigenvalue weighted by atomic mass is 9.85. The highest BCUT2D eigenvalue weighted by Gasteiger charge is 2.24. The third-order valence-electron chi connectivity index (χ3n) is 4.50. The number of nitrogens with zero attached hydrogens (tertiary/aromatic N) is 1. The van der Waals surface area contributed by atoms with Crippen molar-refractivity contribution in [2.45, 2.75) is 45.2 Å². The van der Waals surface area contributed by atoms with E-state index in [1.165, 1.54) is 25.7 Å². The number of benzene rings is 1. The van der Waals surface area contributed by atoms with Crippen LogP contribution in [0.5, 0.6) is 5.75 Å². The second kappa shape index (κ2) is 7.65. The van der Waals surface area contributed by atoms with Crippen molar-refractivity contribution in [3.8, 4) is 5.75 Å². The molecule has 20 heavy (non-hydrogen) atoms. The summed E-state index contributed by atoms with van der Waals surface area (Å²) in [7, 11) is 2.23. The molecule has 2 unspecified atom stereocenters. The lowest BCUT2D eigenvalue weighted by Crippen LogP contribution is -2.40. The maximum atomic E-state index is 5.82. The molecular formula is C17H28N2O. The molecule has 0 aliphatic heterocycles. The van der Waals surface area contributed by atoms with E-state index in [0.717, 1.165) is 36.4 Å². The Hall–Kier alpha value is -1.06. The molecule has 0 amide bonds. The smallest absolute Gasteiger partial charge is 0.119 e. The van der Waals surface area contributed by atoms with Gasteiger partial charge in [-0.05, 0) is 43.5 Å². The summed E-state index contributed by atoms with van der Waals surface area (Å²) in [4.78, 5) is 2.47. The minimum atomic E-state index is 0.586. The largest absolute Gasteiger partial charge is 0.492 e. The van der Waals surface area contributed by atoms with Gasteiger partial charge in [0.05, 0.1) is 0 Å². The zero-order chi connectivity index (χ0) is 14.4. The first-order valence-corrected chi connectivity index (χ1v) is 7.82. The van der Waals surface area contributed by atoms with Crippen LogP contribution in [0.15, 0.2) is 24.3 Å². The third-order valence-corrected chi connectivity index (χ3v) is 4.50. The summed E-state index contributed by atoms with van der Waals surface area (Å²) in [5.41, 5.74) is 6.73. The molecule has 3 nitrogen and oxygen atoms in total. The standard InChI is InChI=1S/C17H28N2O/c1-14-5-3-4-6-17(14)19(2)11-12-20-16-9-7-15(13-18)8-10-16/h7-10,14,17H,3-6,11-13,18H2,1-2H3. The molecule has 2 N–H and O–H groups in total. The van der Waals surface area contributed by atoms with Crippen LogP contribution in [0, 0.1) is 5.92 Å². The second-order valence-electron chi connectivity index (χ2n) is 6.01. The van der Waals surface area contributed by atoms with Crippen molar-refractivity contribution in [3.05, 3.63) is 29.8 Å². The maximum Gasteiger partial charge on any atom is 0.119 e. The van der Waals surface area contributed by atoms with E-state index < -0.39 is 0 Å². The van der Waals surface area contributed by atoms with E-state index in [2.05, 4.69) is 18.9 Å². The topological polar surface area (TPSA) is 38.5 Å². The Balaban J connectivity index is 1.74. The number of nitrogens with two attached hydrogens (primary N) is 1. The highest BCUT2D eigenvalue weighted by atomic mass is 16.5. The van der Waals surface area contributed by atoms with E-state index in [-0.39, 0.29) is 0 Å². The van der Waals surface area contributed by atoms with Gasteiger partial charge in [0.25, 0.3) is 0 Å². The first-order valence-electron chi connectivity index (χ1n) is 7.82. The number of hydrogen-bond acceptors (Lipinski definition) is 3. The van der Waals surface area contributed by atoms with Crippen LogP contribution in [-0.2, 0) is 6.54 Å². The van der Waals surface area contributed by atoms with Crippen molar-refractivity contribution in [2.24, 2.45) is 11.7 Å². The molecule has 0 heterocycles. The fourth-order valence-corrected chi connectivity index (χ4v) is 3.15. The summed E-state index contributed by atoms with van der Waals surface area (Å²) >= 11 is 0. The van der Waals surface area contributed by atoms with Gasteiger partial charge >= 0.3 is 0 Å². The van der Waals surface area contributed by atoms with E-state index in [0.29, 0.717) is 6.54 Å². The summed E-state index contributed by atoms with van der Waals surface area (Å²) in [6.07, 6.45) is 5.48. The lowest BCUT2D eigenvalue weighted by Gasteiger charge is -2.36. The molecule has 0 bridgehead atoms. The van der Waals surface area contributed by atoms with Gasteiger partial charge in [0.2, 0.25) is 0 Å². The molecular weight excluding hydrogens is 248 g/mol. The molecule has 0 radical (unpaired) electrons. The monoisotopic (exact) mass is 276 g/mol. The lowest BCUT2D eigenvalue weighted by molar-refractivity contribution is 0.120. The van der Waals surface area contributed by atoms with Crippen molar-refractivity contribution < 1.29 is 4.74 Å². The molecule has 3 heteroatoms. The molecule has 0 spiro atoms. The van der Waals surface area contributed by atoms with Crippen LogP contribution in [-0.4, -0.2) is 31.1 Å². The van der Waals surface area contributed by atoms with Crippen LogP contribution >= 0.6 is 0 Å². The minimum Gasteiger partial charge on any atom is -0.492 e. The van der Waals surface area contributed by atoms with Gasteiger partial charge in [-0.1, -0.05) is 31.9 Å². The van der Waals surface area contributed by atoms with Gasteiger partial charge < -0.3 is 10.5 Å². The summed E-state index contributed by atoms with van der Waals surface area (Å²) < 4.78 is 5.82. The van der Waals surface area contributed by atoms with Crippen molar-refractivity contribution in [3.63, 3.8) is 0 Å². The van der Waals surface area contributed by atoms with E-state index in [1.807, 2.05) is 24.3 Å². The zero-order valence-electron chi connectivity index (χ0n) is 12.8. The van der Waals surface area contributed by atoms with Crippen molar-refractivity contribution in [2.75, 3.05) is 20.2 Å². The molecule has 0 saturated heterocycles. The second-order valence-corrected chi connectivity index (χ2v) is 6.01. The molecule has 1 aromatic carbocycles. The number of rotatable bonds is 6. The van der Waals surface area contributed by atoms with Gasteiger partial charge in [0.15, 0.2) is 0 Å². The molecule has 1 fully saturated rings. The quantitative estimate of drug-likeness (QED) is 0.868. The van der Waals surface area contributed by atoms with Gasteiger partial charge in [0, 0.05) is 19.1 Å². The first-order chi connectivity index (χ1) is 9.70. The van der Waals surface area contributed by atoms with Crippen molar-refractivity contribution in [1.29, 1.82) is 0 Å². The minimum absolute atomic E-state index is 0.586. The number of likely N-dealkylation sites (N-methyl/N-ethyl adjacent to an activating group) is 1. The Morgan fingerprint density at radius 1 is 1.20 bits per heavy atom. The molecule has 1 aliphatic rings. The van der Waals surface area contributed by atoms with Crippen LogP contribution in [0.25, 0.3) is 0 Å². The van der Waals surface area contributed by atoms with Crippen LogP contribution in [0.1, 0.15) is 38.2 Å². The zero-order valence-corrected chi connectivity index (χ0v) is 12.8. The molecule has 112 valence electrons. The normalized spacial score (nSPS) is 23.0. The fourth-order valence-electron chi connectivity index (χ4n) is 3.15. The van der Waals surface area contributed by atoms with Crippen LogP contribution in [0.2, 0.25) is 0 Å². The first kappa shape index (κ1) is 15.3. The molecule has 1 aromatic rings. The van der Waals surface area contributed by atoms with E-state index >= 15 is 0 Å². The SMILES string of the molecule is CC1CCCCC1N(C)CCOc1ccc(CN)cc1. The Morgan fingerprint density at radius 3 is 2.55 bits per heavy atom. The van der Waals surface area contributed by atoms with Crippen LogP contribution in [0.4, 0.5) is 0 Å². The number of ether oxygens (including phenoxy) is 1. The molecule has 1 aliphatic carbocycles. The Labute approximate surface area is 123 Å². The van der Waals surface area contributed by atoms with Gasteiger partial charge in [-0.25, -0.2) is 0 Å². The Morgan fingerprint density at radius 2 is 1.90 bits per heavy atom. The Bertz CT molecular complexity index is 390. The fraction of sp³-hybridized carbons (Fsp3) is 0.647. The van der Waals surface area contributed by atoms with Crippen molar-refractivity contribution in [1.82, 2.24) is 4.90 Å². The highest BCUT2D eigenvalue weighted by Crippen LogP contribution is 2.27. The predicted molar refractivity (Wildman–Crippen MR) is 83.9 cm³/mol. The van der Waals surface area contributed by atoms with Gasteiger partial charge in [-0.2, -0.15) is 0 Å². The molecule has 1 saturated carbocycles. The van der Waals surface area contributed by atoms with E-state index in [4.69, 9.17) is 10.5 Å². The predicted octanol–water partition coefficient (Wildman–Crippen LogP) is 3.03. The maximum absolute atomic E-state index is 5.82. The average molecular weight is 276 g/mol. The van der Waals surface area contributed by atoms with Crippen LogP contribution < -0.4 is 10.5 Å². The molecule has 0 aromatic heterocycles. The summed E-state index contributed by atoms with van der Waals surface area (Å²) in [6.45, 7) is 4.71. The van der Waals surface area contributed by atoms with E-state index in [1.54, 1.807) is 0 Å². The van der Waals surface area contributed by atoms with E-state index in [9.17, 15) is 0 Å². The summed E-state index contributed by atoms with van der Waals surface area (Å²) in [6, 6.07) is 8.80. The number of hydrogen-bond donors (Lipinski definition) is 1.